The third kappa shape index (κ3) is 1.45. The summed E-state index contributed by atoms with van der Waals surface area (Å²) in [6.45, 7) is 8.46. The summed E-state index contributed by atoms with van der Waals surface area (Å²) in [6.07, 6.45) is 0. The van der Waals surface area contributed by atoms with Gasteiger partial charge in [0.25, 0.3) is 0 Å². The third-order valence-corrected chi connectivity index (χ3v) is 3.09. The number of nitrogen functional groups attached to an aromatic ring is 1. The Kier molecular flexibility index (Phi) is 2.74. The SMILES string of the molecule is Cc1c(C)c(N)c(C)c(N(C)C)c1C. The number of benzene rings is 1. The Morgan fingerprint density at radius 3 is 1.71 bits per heavy atom. The molecule has 2 heteroatoms. The van der Waals surface area contributed by atoms with Gasteiger partial charge < -0.3 is 10.6 Å². The molecule has 2 N–H and O–H groups in total. The van der Waals surface area contributed by atoms with Gasteiger partial charge in [0.15, 0.2) is 0 Å². The fourth-order valence-corrected chi connectivity index (χ4v) is 2.02. The Hall–Kier alpha value is -1.18. The zero-order valence-corrected chi connectivity index (χ0v) is 10.0. The zero-order chi connectivity index (χ0) is 11.0. The lowest BCUT2D eigenvalue weighted by molar-refractivity contribution is 1.08. The van der Waals surface area contributed by atoms with E-state index in [0.717, 1.165) is 5.69 Å². The second-order valence-corrected chi connectivity index (χ2v) is 4.16. The van der Waals surface area contributed by atoms with Crippen LogP contribution < -0.4 is 10.6 Å². The standard InChI is InChI=1S/C12H20N2/c1-7-8(2)11(13)10(4)12(9(7)3)14(5)6/h13H2,1-6H3. The van der Waals surface area contributed by atoms with Crippen LogP contribution in [-0.2, 0) is 0 Å². The molecule has 0 bridgehead atoms. The molecule has 0 amide bonds. The molecule has 0 unspecified atom stereocenters. The second-order valence-electron chi connectivity index (χ2n) is 4.16. The summed E-state index contributed by atoms with van der Waals surface area (Å²) in [5.41, 5.74) is 13.3. The van der Waals surface area contributed by atoms with Crippen molar-refractivity contribution in [2.24, 2.45) is 0 Å². The molecular formula is C12H20N2. The molecule has 1 aromatic rings. The highest BCUT2D eigenvalue weighted by atomic mass is 15.1. The van der Waals surface area contributed by atoms with Gasteiger partial charge >= 0.3 is 0 Å². The first-order valence-corrected chi connectivity index (χ1v) is 4.91. The lowest BCUT2D eigenvalue weighted by atomic mass is 9.96. The molecule has 0 aliphatic carbocycles. The second kappa shape index (κ2) is 3.52. The van der Waals surface area contributed by atoms with E-state index in [1.54, 1.807) is 0 Å². The Labute approximate surface area is 86.7 Å². The van der Waals surface area contributed by atoms with Gasteiger partial charge in [-0.25, -0.2) is 0 Å². The van der Waals surface area contributed by atoms with E-state index in [1.807, 2.05) is 0 Å². The van der Waals surface area contributed by atoms with Gasteiger partial charge in [-0.2, -0.15) is 0 Å². The van der Waals surface area contributed by atoms with Crippen molar-refractivity contribution < 1.29 is 0 Å². The summed E-state index contributed by atoms with van der Waals surface area (Å²) >= 11 is 0. The van der Waals surface area contributed by atoms with Crippen molar-refractivity contribution in [3.05, 3.63) is 22.3 Å². The van der Waals surface area contributed by atoms with Crippen molar-refractivity contribution in [1.82, 2.24) is 0 Å². The van der Waals surface area contributed by atoms with Crippen molar-refractivity contribution in [2.75, 3.05) is 24.7 Å². The highest BCUT2D eigenvalue weighted by Gasteiger charge is 2.13. The normalized spacial score (nSPS) is 10.4. The first-order valence-electron chi connectivity index (χ1n) is 4.91. The number of hydrogen-bond acceptors (Lipinski definition) is 2. The first-order chi connectivity index (χ1) is 6.37. The van der Waals surface area contributed by atoms with Crippen LogP contribution in [0.3, 0.4) is 0 Å². The molecule has 0 aromatic heterocycles. The number of rotatable bonds is 1. The number of anilines is 2. The van der Waals surface area contributed by atoms with E-state index in [2.05, 4.69) is 46.7 Å². The molecule has 2 nitrogen and oxygen atoms in total. The van der Waals surface area contributed by atoms with Gasteiger partial charge in [0.05, 0.1) is 0 Å². The van der Waals surface area contributed by atoms with Crippen molar-refractivity contribution in [2.45, 2.75) is 27.7 Å². The van der Waals surface area contributed by atoms with Crippen LogP contribution in [0.15, 0.2) is 0 Å². The molecule has 0 radical (unpaired) electrons. The van der Waals surface area contributed by atoms with Crippen LogP contribution in [0.1, 0.15) is 22.3 Å². The monoisotopic (exact) mass is 192 g/mol. The summed E-state index contributed by atoms with van der Waals surface area (Å²) in [7, 11) is 4.12. The maximum absolute atomic E-state index is 6.06. The van der Waals surface area contributed by atoms with Gasteiger partial charge in [-0.05, 0) is 49.9 Å². The molecule has 0 atom stereocenters. The van der Waals surface area contributed by atoms with Gasteiger partial charge in [0.1, 0.15) is 0 Å². The zero-order valence-electron chi connectivity index (χ0n) is 10.0. The van der Waals surface area contributed by atoms with Crippen molar-refractivity contribution in [1.29, 1.82) is 0 Å². The summed E-state index contributed by atoms with van der Waals surface area (Å²) < 4.78 is 0. The van der Waals surface area contributed by atoms with Crippen LogP contribution in [0.2, 0.25) is 0 Å². The predicted molar refractivity (Wildman–Crippen MR) is 64.1 cm³/mol. The predicted octanol–water partition coefficient (Wildman–Crippen LogP) is 2.57. The van der Waals surface area contributed by atoms with Gasteiger partial charge in [0.2, 0.25) is 0 Å². The van der Waals surface area contributed by atoms with E-state index >= 15 is 0 Å². The maximum Gasteiger partial charge on any atom is 0.0444 e. The van der Waals surface area contributed by atoms with Crippen LogP contribution in [0.5, 0.6) is 0 Å². The molecular weight excluding hydrogens is 172 g/mol. The molecule has 14 heavy (non-hydrogen) atoms. The van der Waals surface area contributed by atoms with Crippen LogP contribution in [0.4, 0.5) is 11.4 Å². The molecule has 0 aliphatic heterocycles. The molecule has 1 aromatic carbocycles. The highest BCUT2D eigenvalue weighted by Crippen LogP contribution is 2.33. The molecule has 0 fully saturated rings. The Morgan fingerprint density at radius 1 is 0.786 bits per heavy atom. The van der Waals surface area contributed by atoms with Crippen LogP contribution in [0, 0.1) is 27.7 Å². The van der Waals surface area contributed by atoms with Crippen LogP contribution >= 0.6 is 0 Å². The Morgan fingerprint density at radius 2 is 1.29 bits per heavy atom. The summed E-state index contributed by atoms with van der Waals surface area (Å²) in [5, 5.41) is 0. The van der Waals surface area contributed by atoms with Gasteiger partial charge in [0, 0.05) is 25.5 Å². The molecule has 1 rings (SSSR count). The molecule has 0 saturated carbocycles. The number of nitrogens with zero attached hydrogens (tertiary/aromatic N) is 1. The lowest BCUT2D eigenvalue weighted by Gasteiger charge is -2.23. The van der Waals surface area contributed by atoms with E-state index in [1.165, 1.54) is 27.9 Å². The number of hydrogen-bond donors (Lipinski definition) is 1. The average molecular weight is 192 g/mol. The third-order valence-electron chi connectivity index (χ3n) is 3.09. The smallest absolute Gasteiger partial charge is 0.0444 e. The largest absolute Gasteiger partial charge is 0.398 e. The average Bonchev–Trinajstić information content (AvgIpc) is 2.11. The minimum absolute atomic E-state index is 0.928. The first kappa shape index (κ1) is 10.9. The molecule has 0 aliphatic rings. The minimum atomic E-state index is 0.928. The Balaban J connectivity index is 3.60. The molecule has 0 saturated heterocycles. The van der Waals surface area contributed by atoms with E-state index in [0.29, 0.717) is 0 Å². The van der Waals surface area contributed by atoms with E-state index < -0.39 is 0 Å². The maximum atomic E-state index is 6.06. The minimum Gasteiger partial charge on any atom is -0.398 e. The molecule has 0 spiro atoms. The van der Waals surface area contributed by atoms with E-state index in [-0.39, 0.29) is 0 Å². The lowest BCUT2D eigenvalue weighted by Crippen LogP contribution is -2.14. The van der Waals surface area contributed by atoms with Crippen molar-refractivity contribution in [3.8, 4) is 0 Å². The van der Waals surface area contributed by atoms with Crippen LogP contribution in [-0.4, -0.2) is 14.1 Å². The summed E-state index contributed by atoms with van der Waals surface area (Å²) in [6, 6.07) is 0. The summed E-state index contributed by atoms with van der Waals surface area (Å²) in [5.74, 6) is 0. The number of nitrogens with two attached hydrogens (primary N) is 1. The van der Waals surface area contributed by atoms with E-state index in [9.17, 15) is 0 Å². The topological polar surface area (TPSA) is 29.3 Å². The Bertz CT molecular complexity index is 336. The fourth-order valence-electron chi connectivity index (χ4n) is 2.02. The highest BCUT2D eigenvalue weighted by molar-refractivity contribution is 5.73. The quantitative estimate of drug-likeness (QED) is 0.693. The van der Waals surface area contributed by atoms with Gasteiger partial charge in [-0.1, -0.05) is 0 Å². The molecule has 0 heterocycles. The van der Waals surface area contributed by atoms with Crippen molar-refractivity contribution >= 4 is 11.4 Å². The summed E-state index contributed by atoms with van der Waals surface area (Å²) in [4.78, 5) is 2.13. The van der Waals surface area contributed by atoms with Gasteiger partial charge in [-0.15, -0.1) is 0 Å². The molecule has 78 valence electrons. The van der Waals surface area contributed by atoms with Crippen molar-refractivity contribution in [3.63, 3.8) is 0 Å². The van der Waals surface area contributed by atoms with Crippen LogP contribution in [0.25, 0.3) is 0 Å². The fraction of sp³-hybridized carbons (Fsp3) is 0.500. The van der Waals surface area contributed by atoms with Gasteiger partial charge in [-0.3, -0.25) is 0 Å². The van der Waals surface area contributed by atoms with E-state index in [4.69, 9.17) is 5.73 Å².